The third-order valence-electron chi connectivity index (χ3n) is 4.89. The largest absolute Gasteiger partial charge is 0.598 e. The minimum atomic E-state index is -4.77. The van der Waals surface area contributed by atoms with E-state index in [0.29, 0.717) is 27.5 Å². The van der Waals surface area contributed by atoms with Crippen LogP contribution in [0.4, 0.5) is 17.6 Å². The van der Waals surface area contributed by atoms with E-state index in [0.717, 1.165) is 12.1 Å². The van der Waals surface area contributed by atoms with E-state index in [1.807, 2.05) is 0 Å². The molecule has 2 unspecified atom stereocenters. The van der Waals surface area contributed by atoms with Gasteiger partial charge in [-0.1, -0.05) is 11.6 Å². The second-order valence-corrected chi connectivity index (χ2v) is 11.8. The highest BCUT2D eigenvalue weighted by molar-refractivity contribution is 7.90. The van der Waals surface area contributed by atoms with E-state index >= 15 is 0 Å². The number of pyridine rings is 1. The van der Waals surface area contributed by atoms with Crippen LogP contribution in [0.5, 0.6) is 0 Å². The number of hydrogen-bond acceptors (Lipinski definition) is 5. The zero-order chi connectivity index (χ0) is 24.6. The van der Waals surface area contributed by atoms with E-state index in [1.54, 1.807) is 45.2 Å². The van der Waals surface area contributed by atoms with Crippen LogP contribution >= 0.6 is 22.9 Å². The zero-order valence-electron chi connectivity index (χ0n) is 18.3. The Kier molecular flexibility index (Phi) is 7.45. The summed E-state index contributed by atoms with van der Waals surface area (Å²) in [6.07, 6.45) is -3.41. The Hall–Kier alpha value is -1.72. The normalized spacial score (nSPS) is 15.3. The molecule has 3 aromatic rings. The van der Waals surface area contributed by atoms with Crippen LogP contribution in [0.2, 0.25) is 5.02 Å². The summed E-state index contributed by atoms with van der Waals surface area (Å²) in [5, 5.41) is 2.45. The predicted molar refractivity (Wildman–Crippen MR) is 123 cm³/mol. The highest BCUT2D eigenvalue weighted by Gasteiger charge is 2.44. The smallest absolute Gasteiger partial charge is 0.416 e. The summed E-state index contributed by atoms with van der Waals surface area (Å²) in [7, 11) is 0. The van der Waals surface area contributed by atoms with E-state index < -0.39 is 39.1 Å². The number of thiazole rings is 1. The van der Waals surface area contributed by atoms with Crippen molar-refractivity contribution in [1.82, 2.24) is 14.7 Å². The van der Waals surface area contributed by atoms with Gasteiger partial charge in [-0.05, 0) is 63.6 Å². The molecule has 2 atom stereocenters. The Morgan fingerprint density at radius 2 is 1.79 bits per heavy atom. The molecule has 2 heterocycles. The maximum Gasteiger partial charge on any atom is 0.416 e. The second kappa shape index (κ2) is 9.50. The van der Waals surface area contributed by atoms with Crippen LogP contribution in [0.25, 0.3) is 0 Å². The van der Waals surface area contributed by atoms with Gasteiger partial charge in [0.05, 0.1) is 22.8 Å². The van der Waals surface area contributed by atoms with Crippen molar-refractivity contribution >= 4 is 34.3 Å². The molecule has 178 valence electrons. The van der Waals surface area contributed by atoms with E-state index in [-0.39, 0.29) is 12.1 Å². The van der Waals surface area contributed by atoms with Crippen LogP contribution in [0.3, 0.4) is 0 Å². The van der Waals surface area contributed by atoms with Crippen LogP contribution in [0, 0.1) is 12.7 Å². The maximum atomic E-state index is 14.5. The summed E-state index contributed by atoms with van der Waals surface area (Å²) >= 11 is 5.64. The van der Waals surface area contributed by atoms with Crippen molar-refractivity contribution in [1.29, 1.82) is 0 Å². The summed E-state index contributed by atoms with van der Waals surface area (Å²) in [6, 6.07) is 5.46. The Bertz CT molecular complexity index is 1120. The number of halogens is 5. The average Bonchev–Trinajstić information content (AvgIpc) is 3.14. The molecule has 11 heteroatoms. The van der Waals surface area contributed by atoms with Crippen LogP contribution in [0.15, 0.2) is 41.9 Å². The zero-order valence-corrected chi connectivity index (χ0v) is 20.6. The van der Waals surface area contributed by atoms with Gasteiger partial charge in [0.2, 0.25) is 0 Å². The fourth-order valence-electron chi connectivity index (χ4n) is 3.22. The second-order valence-electron chi connectivity index (χ2n) is 8.49. The first kappa shape index (κ1) is 25.9. The number of benzene rings is 1. The highest BCUT2D eigenvalue weighted by Crippen LogP contribution is 2.42. The summed E-state index contributed by atoms with van der Waals surface area (Å²) in [4.78, 5) is 8.89. The lowest BCUT2D eigenvalue weighted by atomic mass is 9.77. The van der Waals surface area contributed by atoms with Crippen molar-refractivity contribution in [3.05, 3.63) is 80.3 Å². The first-order chi connectivity index (χ1) is 15.2. The molecule has 0 amide bonds. The van der Waals surface area contributed by atoms with Crippen molar-refractivity contribution in [3.63, 3.8) is 0 Å². The molecule has 1 aromatic carbocycles. The van der Waals surface area contributed by atoms with Gasteiger partial charge in [-0.3, -0.25) is 4.98 Å². The molecule has 0 bridgehead atoms. The number of hydrogen-bond donors (Lipinski definition) is 1. The van der Waals surface area contributed by atoms with Crippen molar-refractivity contribution < 1.29 is 22.1 Å². The number of rotatable bonds is 6. The van der Waals surface area contributed by atoms with E-state index in [2.05, 4.69) is 14.7 Å². The quantitative estimate of drug-likeness (QED) is 0.318. The molecule has 0 fully saturated rings. The van der Waals surface area contributed by atoms with Gasteiger partial charge in [0.1, 0.15) is 21.0 Å². The van der Waals surface area contributed by atoms with Crippen molar-refractivity contribution in [2.24, 2.45) is 0 Å². The van der Waals surface area contributed by atoms with Gasteiger partial charge >= 0.3 is 6.18 Å². The molecule has 0 aliphatic rings. The molecule has 0 radical (unpaired) electrons. The SMILES string of the molecule is Cc1csc(C(CN[S+]([O-])C(C)(C)C)(c2cc(F)cc(C(F)(F)F)c2)c2ccc(Cl)cn2)n1. The van der Waals surface area contributed by atoms with Gasteiger partial charge in [-0.2, -0.15) is 13.2 Å². The highest BCUT2D eigenvalue weighted by atomic mass is 35.5. The molecule has 1 N–H and O–H groups in total. The van der Waals surface area contributed by atoms with Crippen LogP contribution in [-0.2, 0) is 23.0 Å². The molecule has 4 nitrogen and oxygen atoms in total. The lowest BCUT2D eigenvalue weighted by molar-refractivity contribution is -0.137. The van der Waals surface area contributed by atoms with Gasteiger partial charge in [0.25, 0.3) is 0 Å². The molecule has 33 heavy (non-hydrogen) atoms. The summed E-state index contributed by atoms with van der Waals surface area (Å²) in [5.74, 6) is -1.05. The third-order valence-corrected chi connectivity index (χ3v) is 7.76. The van der Waals surface area contributed by atoms with Crippen LogP contribution in [0.1, 0.15) is 48.3 Å². The molecule has 0 saturated carbocycles. The minimum absolute atomic E-state index is 0.0163. The molecular formula is C22H22ClF4N3OS2. The number of nitrogens with one attached hydrogen (secondary N) is 1. The Morgan fingerprint density at radius 3 is 2.30 bits per heavy atom. The lowest BCUT2D eigenvalue weighted by Gasteiger charge is -2.34. The van der Waals surface area contributed by atoms with Gasteiger partial charge in [0, 0.05) is 28.6 Å². The summed E-state index contributed by atoms with van der Waals surface area (Å²) < 4.78 is 70.4. The van der Waals surface area contributed by atoms with Gasteiger partial charge in [-0.25, -0.2) is 9.37 Å². The molecule has 0 saturated heterocycles. The topological polar surface area (TPSA) is 60.9 Å². The Morgan fingerprint density at radius 1 is 1.12 bits per heavy atom. The number of alkyl halides is 3. The molecule has 0 aliphatic carbocycles. The van der Waals surface area contributed by atoms with E-state index in [9.17, 15) is 22.1 Å². The maximum absolute atomic E-state index is 14.5. The molecule has 0 spiro atoms. The first-order valence-electron chi connectivity index (χ1n) is 9.82. The van der Waals surface area contributed by atoms with Crippen LogP contribution < -0.4 is 4.72 Å². The van der Waals surface area contributed by atoms with Crippen molar-refractivity contribution in [2.75, 3.05) is 6.54 Å². The minimum Gasteiger partial charge on any atom is -0.598 e. The van der Waals surface area contributed by atoms with Gasteiger partial charge < -0.3 is 4.55 Å². The number of nitrogens with zero attached hydrogens (tertiary/aromatic N) is 2. The van der Waals surface area contributed by atoms with Gasteiger partial charge in [0.15, 0.2) is 0 Å². The lowest BCUT2D eigenvalue weighted by Crippen LogP contribution is -2.48. The fourth-order valence-corrected chi connectivity index (χ4v) is 5.14. The molecular weight excluding hydrogens is 498 g/mol. The standard InChI is InChI=1S/C22H22ClF4N3OS2/c1-13-11-32-19(30-13)21(12-29-33(31)20(2,3)4,18-6-5-16(23)10-28-18)14-7-15(22(25,26)27)9-17(24)8-14/h5-11,29H,12H2,1-4H3. The van der Waals surface area contributed by atoms with E-state index in [4.69, 9.17) is 11.6 Å². The predicted octanol–water partition coefficient (Wildman–Crippen LogP) is 6.04. The van der Waals surface area contributed by atoms with Crippen molar-refractivity contribution in [2.45, 2.75) is 44.0 Å². The summed E-state index contributed by atoms with van der Waals surface area (Å²) in [5.41, 5.74) is -1.69. The van der Waals surface area contributed by atoms with Gasteiger partial charge in [-0.15, -0.1) is 16.1 Å². The molecule has 2 aromatic heterocycles. The van der Waals surface area contributed by atoms with Crippen molar-refractivity contribution in [3.8, 4) is 0 Å². The first-order valence-corrected chi connectivity index (χ1v) is 12.2. The average molecular weight is 520 g/mol. The monoisotopic (exact) mass is 519 g/mol. The third kappa shape index (κ3) is 5.68. The Balaban J connectivity index is 2.32. The summed E-state index contributed by atoms with van der Waals surface area (Å²) in [6.45, 7) is 6.88. The molecule has 0 aliphatic heterocycles. The Labute approximate surface area is 201 Å². The molecule has 3 rings (SSSR count). The fraction of sp³-hybridized carbons (Fsp3) is 0.364. The van der Waals surface area contributed by atoms with E-state index in [1.165, 1.54) is 17.5 Å². The number of aromatic nitrogens is 2. The van der Waals surface area contributed by atoms with Crippen LogP contribution in [-0.4, -0.2) is 25.8 Å². The number of aryl methyl sites for hydroxylation is 1.